The zero-order valence-corrected chi connectivity index (χ0v) is 13.8. The minimum absolute atomic E-state index is 0.209. The maximum atomic E-state index is 12.3. The molecule has 0 saturated heterocycles. The van der Waals surface area contributed by atoms with Gasteiger partial charge in [-0.3, -0.25) is 9.59 Å². The van der Waals surface area contributed by atoms with Crippen LogP contribution < -0.4 is 15.4 Å². The van der Waals surface area contributed by atoms with E-state index in [1.165, 1.54) is 6.08 Å². The Morgan fingerprint density at radius 3 is 2.52 bits per heavy atom. The first-order valence-corrected chi connectivity index (χ1v) is 7.64. The number of carbonyl (C=O) groups excluding carboxylic acids is 2. The summed E-state index contributed by atoms with van der Waals surface area (Å²) in [5.74, 6) is 0.0607. The van der Waals surface area contributed by atoms with Crippen molar-refractivity contribution in [3.8, 4) is 5.75 Å². The average molecular weight is 373 g/mol. The Morgan fingerprint density at radius 1 is 1.09 bits per heavy atom. The summed E-state index contributed by atoms with van der Waals surface area (Å²) in [4.78, 5) is 24.4. The number of amides is 1. The molecule has 0 atom stereocenters. The van der Waals surface area contributed by atoms with Gasteiger partial charge >= 0.3 is 0 Å². The van der Waals surface area contributed by atoms with E-state index in [2.05, 4.69) is 26.6 Å². The standard InChI is InChI=1S/C17H13BrN2O3/c1-23-12-5-2-10(3-6-12)16(21)9-15-17(22)20-14-8-11(18)4-7-13(14)19-15/h2-9,19H,1H3,(H,20,22)/b15-9-. The molecule has 0 saturated carbocycles. The molecule has 0 aliphatic carbocycles. The van der Waals surface area contributed by atoms with Gasteiger partial charge in [0.1, 0.15) is 11.4 Å². The molecular weight excluding hydrogens is 360 g/mol. The second-order valence-corrected chi connectivity index (χ2v) is 5.84. The summed E-state index contributed by atoms with van der Waals surface area (Å²) >= 11 is 3.35. The number of hydrogen-bond donors (Lipinski definition) is 2. The highest BCUT2D eigenvalue weighted by molar-refractivity contribution is 9.10. The van der Waals surface area contributed by atoms with E-state index in [4.69, 9.17) is 4.74 Å². The number of ether oxygens (including phenoxy) is 1. The molecule has 0 aromatic heterocycles. The highest BCUT2D eigenvalue weighted by Gasteiger charge is 2.20. The molecule has 1 heterocycles. The van der Waals surface area contributed by atoms with Gasteiger partial charge in [-0.2, -0.15) is 0 Å². The number of rotatable bonds is 3. The third-order valence-electron chi connectivity index (χ3n) is 3.39. The van der Waals surface area contributed by atoms with E-state index in [1.54, 1.807) is 37.4 Å². The summed E-state index contributed by atoms with van der Waals surface area (Å²) in [6, 6.07) is 12.2. The summed E-state index contributed by atoms with van der Waals surface area (Å²) < 4.78 is 5.92. The van der Waals surface area contributed by atoms with Crippen molar-refractivity contribution in [1.82, 2.24) is 0 Å². The first kappa shape index (κ1) is 15.3. The van der Waals surface area contributed by atoms with Crippen LogP contribution in [0.2, 0.25) is 0 Å². The molecule has 3 rings (SSSR count). The van der Waals surface area contributed by atoms with E-state index < -0.39 is 0 Å². The fraction of sp³-hybridized carbons (Fsp3) is 0.0588. The lowest BCUT2D eigenvalue weighted by Crippen LogP contribution is -2.26. The zero-order valence-electron chi connectivity index (χ0n) is 12.2. The lowest BCUT2D eigenvalue weighted by atomic mass is 10.1. The first-order chi connectivity index (χ1) is 11.1. The predicted octanol–water partition coefficient (Wildman–Crippen LogP) is 3.59. The minimum atomic E-state index is -0.350. The topological polar surface area (TPSA) is 67.4 Å². The maximum Gasteiger partial charge on any atom is 0.272 e. The third-order valence-corrected chi connectivity index (χ3v) is 3.89. The molecule has 2 aromatic rings. The number of nitrogens with one attached hydrogen (secondary N) is 2. The highest BCUT2D eigenvalue weighted by atomic mass is 79.9. The van der Waals surface area contributed by atoms with Crippen LogP contribution in [0.4, 0.5) is 11.4 Å². The minimum Gasteiger partial charge on any atom is -0.497 e. The van der Waals surface area contributed by atoms with Crippen LogP contribution >= 0.6 is 15.9 Å². The van der Waals surface area contributed by atoms with Gasteiger partial charge in [0.25, 0.3) is 5.91 Å². The lowest BCUT2D eigenvalue weighted by molar-refractivity contribution is -0.112. The van der Waals surface area contributed by atoms with E-state index in [-0.39, 0.29) is 17.4 Å². The molecule has 116 valence electrons. The van der Waals surface area contributed by atoms with E-state index in [9.17, 15) is 9.59 Å². The monoisotopic (exact) mass is 372 g/mol. The molecule has 1 amide bonds. The first-order valence-electron chi connectivity index (χ1n) is 6.85. The van der Waals surface area contributed by atoms with Gasteiger partial charge in [-0.05, 0) is 42.5 Å². The van der Waals surface area contributed by atoms with Crippen LogP contribution in [0, 0.1) is 0 Å². The summed E-state index contributed by atoms with van der Waals surface area (Å²) in [6.07, 6.45) is 1.29. The van der Waals surface area contributed by atoms with Crippen LogP contribution in [0.3, 0.4) is 0 Å². The number of allylic oxidation sites excluding steroid dienone is 1. The van der Waals surface area contributed by atoms with Gasteiger partial charge in [0.2, 0.25) is 0 Å². The Morgan fingerprint density at radius 2 is 1.83 bits per heavy atom. The number of fused-ring (bicyclic) bond motifs is 1. The Balaban J connectivity index is 1.85. The molecular formula is C17H13BrN2O3. The van der Waals surface area contributed by atoms with Crippen molar-refractivity contribution in [2.75, 3.05) is 17.7 Å². The van der Waals surface area contributed by atoms with Crippen LogP contribution in [0.25, 0.3) is 0 Å². The van der Waals surface area contributed by atoms with Crippen LogP contribution in [-0.4, -0.2) is 18.8 Å². The van der Waals surface area contributed by atoms with Gasteiger partial charge in [-0.25, -0.2) is 0 Å². The Hall–Kier alpha value is -2.60. The van der Waals surface area contributed by atoms with Crippen molar-refractivity contribution >= 4 is 39.0 Å². The fourth-order valence-electron chi connectivity index (χ4n) is 2.19. The van der Waals surface area contributed by atoms with Gasteiger partial charge in [-0.1, -0.05) is 15.9 Å². The number of halogens is 1. The fourth-order valence-corrected chi connectivity index (χ4v) is 2.55. The van der Waals surface area contributed by atoms with Crippen molar-refractivity contribution in [3.05, 3.63) is 64.3 Å². The Labute approximate surface area is 141 Å². The molecule has 0 unspecified atom stereocenters. The van der Waals surface area contributed by atoms with Gasteiger partial charge in [0.15, 0.2) is 5.78 Å². The SMILES string of the molecule is COc1ccc(C(=O)/C=C2\Nc3ccc(Br)cc3NC2=O)cc1. The van der Waals surface area contributed by atoms with Crippen LogP contribution in [0.1, 0.15) is 10.4 Å². The second kappa shape index (κ2) is 6.26. The molecule has 23 heavy (non-hydrogen) atoms. The van der Waals surface area contributed by atoms with Crippen LogP contribution in [0.15, 0.2) is 58.7 Å². The van der Waals surface area contributed by atoms with Gasteiger partial charge in [0.05, 0.1) is 18.5 Å². The summed E-state index contributed by atoms with van der Waals surface area (Å²) in [7, 11) is 1.56. The Bertz CT molecular complexity index is 813. The molecule has 1 aliphatic rings. The maximum absolute atomic E-state index is 12.3. The second-order valence-electron chi connectivity index (χ2n) is 4.92. The molecule has 0 spiro atoms. The molecule has 0 bridgehead atoms. The quantitative estimate of drug-likeness (QED) is 0.638. The van der Waals surface area contributed by atoms with E-state index in [0.29, 0.717) is 17.0 Å². The number of hydrogen-bond acceptors (Lipinski definition) is 4. The van der Waals surface area contributed by atoms with Crippen molar-refractivity contribution < 1.29 is 14.3 Å². The number of methoxy groups -OCH3 is 1. The third kappa shape index (κ3) is 3.27. The number of carbonyl (C=O) groups is 2. The van der Waals surface area contributed by atoms with Crippen LogP contribution in [0.5, 0.6) is 5.75 Å². The molecule has 6 heteroatoms. The lowest BCUT2D eigenvalue weighted by Gasteiger charge is -2.21. The summed E-state index contributed by atoms with van der Waals surface area (Å²) in [6.45, 7) is 0. The largest absolute Gasteiger partial charge is 0.497 e. The highest BCUT2D eigenvalue weighted by Crippen LogP contribution is 2.30. The van der Waals surface area contributed by atoms with Gasteiger partial charge in [-0.15, -0.1) is 0 Å². The van der Waals surface area contributed by atoms with E-state index in [0.717, 1.165) is 10.2 Å². The van der Waals surface area contributed by atoms with Crippen molar-refractivity contribution in [1.29, 1.82) is 0 Å². The molecule has 2 N–H and O–H groups in total. The molecule has 1 aliphatic heterocycles. The summed E-state index contributed by atoms with van der Waals surface area (Å²) in [5.41, 5.74) is 2.09. The summed E-state index contributed by atoms with van der Waals surface area (Å²) in [5, 5.41) is 5.73. The normalized spacial score (nSPS) is 14.7. The number of benzene rings is 2. The Kier molecular flexibility index (Phi) is 4.16. The van der Waals surface area contributed by atoms with Crippen molar-refractivity contribution in [3.63, 3.8) is 0 Å². The van der Waals surface area contributed by atoms with Gasteiger partial charge < -0.3 is 15.4 Å². The van der Waals surface area contributed by atoms with Crippen LogP contribution in [-0.2, 0) is 4.79 Å². The number of anilines is 2. The molecule has 0 radical (unpaired) electrons. The molecule has 5 nitrogen and oxygen atoms in total. The van der Waals surface area contributed by atoms with E-state index >= 15 is 0 Å². The van der Waals surface area contributed by atoms with Gasteiger partial charge in [0, 0.05) is 16.1 Å². The predicted molar refractivity (Wildman–Crippen MR) is 91.8 cm³/mol. The smallest absolute Gasteiger partial charge is 0.272 e. The van der Waals surface area contributed by atoms with Crippen molar-refractivity contribution in [2.24, 2.45) is 0 Å². The average Bonchev–Trinajstić information content (AvgIpc) is 2.55. The van der Waals surface area contributed by atoms with Crippen molar-refractivity contribution in [2.45, 2.75) is 0 Å². The zero-order chi connectivity index (χ0) is 16.4. The van der Waals surface area contributed by atoms with E-state index in [1.807, 2.05) is 12.1 Å². The molecule has 0 fully saturated rings. The number of ketones is 1. The molecule has 2 aromatic carbocycles.